The summed E-state index contributed by atoms with van der Waals surface area (Å²) in [7, 11) is 1.54. The Bertz CT molecular complexity index is 588. The van der Waals surface area contributed by atoms with Crippen molar-refractivity contribution in [1.82, 2.24) is 4.90 Å². The summed E-state index contributed by atoms with van der Waals surface area (Å²) in [6.07, 6.45) is 1.86. The van der Waals surface area contributed by atoms with Crippen LogP contribution < -0.4 is 9.64 Å². The van der Waals surface area contributed by atoms with Crippen LogP contribution in [0.15, 0.2) is 18.2 Å². The van der Waals surface area contributed by atoms with Gasteiger partial charge in [-0.2, -0.15) is 0 Å². The van der Waals surface area contributed by atoms with Crippen molar-refractivity contribution < 1.29 is 18.7 Å². The summed E-state index contributed by atoms with van der Waals surface area (Å²) in [4.78, 5) is 16.8. The molecule has 0 saturated carbocycles. The zero-order valence-corrected chi connectivity index (χ0v) is 14.3. The monoisotopic (exact) mass is 336 g/mol. The van der Waals surface area contributed by atoms with Crippen LogP contribution in [0.2, 0.25) is 0 Å². The van der Waals surface area contributed by atoms with Gasteiger partial charge in [0.1, 0.15) is 11.6 Å². The molecule has 2 fully saturated rings. The van der Waals surface area contributed by atoms with Crippen molar-refractivity contribution in [3.8, 4) is 5.75 Å². The fourth-order valence-electron chi connectivity index (χ4n) is 3.56. The second kappa shape index (κ2) is 7.38. The maximum Gasteiger partial charge on any atom is 0.228 e. The van der Waals surface area contributed by atoms with Gasteiger partial charge in [-0.1, -0.05) is 0 Å². The lowest BCUT2D eigenvalue weighted by atomic mass is 9.93. The number of hydrogen-bond donors (Lipinski definition) is 0. The minimum absolute atomic E-state index is 0.00136. The summed E-state index contributed by atoms with van der Waals surface area (Å²) >= 11 is 0. The van der Waals surface area contributed by atoms with Crippen molar-refractivity contribution in [3.63, 3.8) is 0 Å². The van der Waals surface area contributed by atoms with Gasteiger partial charge in [-0.25, -0.2) is 4.39 Å². The largest absolute Gasteiger partial charge is 0.494 e. The molecule has 1 aromatic rings. The lowest BCUT2D eigenvalue weighted by Gasteiger charge is -2.39. The molecule has 3 rings (SSSR count). The normalized spacial score (nSPS) is 24.8. The Hall–Kier alpha value is -1.82. The van der Waals surface area contributed by atoms with E-state index in [-0.39, 0.29) is 23.7 Å². The van der Waals surface area contributed by atoms with E-state index < -0.39 is 0 Å². The minimum atomic E-state index is -0.310. The summed E-state index contributed by atoms with van der Waals surface area (Å²) in [6.45, 7) is 5.51. The van der Waals surface area contributed by atoms with E-state index in [1.165, 1.54) is 12.1 Å². The lowest BCUT2D eigenvalue weighted by molar-refractivity contribution is -0.144. The van der Waals surface area contributed by atoms with E-state index in [2.05, 4.69) is 4.90 Å². The summed E-state index contributed by atoms with van der Waals surface area (Å²) in [5, 5.41) is 0. The van der Waals surface area contributed by atoms with Crippen molar-refractivity contribution in [1.29, 1.82) is 0 Å². The highest BCUT2D eigenvalue weighted by Gasteiger charge is 2.33. The fraction of sp³-hybridized carbons (Fsp3) is 0.611. The highest BCUT2D eigenvalue weighted by Crippen LogP contribution is 2.30. The molecule has 24 heavy (non-hydrogen) atoms. The van der Waals surface area contributed by atoms with Gasteiger partial charge < -0.3 is 19.3 Å². The molecule has 0 N–H and O–H groups in total. The molecule has 0 aliphatic carbocycles. The summed E-state index contributed by atoms with van der Waals surface area (Å²) in [6, 6.07) is 4.58. The molecule has 0 aromatic heterocycles. The lowest BCUT2D eigenvalue weighted by Crippen LogP contribution is -2.52. The number of anilines is 1. The van der Waals surface area contributed by atoms with Gasteiger partial charge in [0.2, 0.25) is 5.91 Å². The number of piperazine rings is 1. The van der Waals surface area contributed by atoms with E-state index in [0.717, 1.165) is 38.2 Å². The van der Waals surface area contributed by atoms with Crippen molar-refractivity contribution in [2.45, 2.75) is 25.9 Å². The summed E-state index contributed by atoms with van der Waals surface area (Å²) in [5.74, 6) is 0.401. The fourth-order valence-corrected chi connectivity index (χ4v) is 3.56. The average Bonchev–Trinajstić information content (AvgIpc) is 2.61. The molecule has 6 heteroatoms. The molecule has 2 aliphatic rings. The van der Waals surface area contributed by atoms with Gasteiger partial charge in [0.25, 0.3) is 0 Å². The number of carbonyl (C=O) groups excluding carboxylic acids is 1. The van der Waals surface area contributed by atoms with Crippen LogP contribution >= 0.6 is 0 Å². The van der Waals surface area contributed by atoms with Gasteiger partial charge in [-0.15, -0.1) is 0 Å². The summed E-state index contributed by atoms with van der Waals surface area (Å²) in [5.41, 5.74) is 0.875. The first kappa shape index (κ1) is 17.0. The van der Waals surface area contributed by atoms with E-state index in [9.17, 15) is 9.18 Å². The third kappa shape index (κ3) is 3.48. The molecule has 5 nitrogen and oxygen atoms in total. The van der Waals surface area contributed by atoms with Crippen LogP contribution in [0.5, 0.6) is 5.75 Å². The zero-order valence-electron chi connectivity index (χ0n) is 14.3. The van der Waals surface area contributed by atoms with E-state index in [1.807, 2.05) is 11.8 Å². The van der Waals surface area contributed by atoms with Crippen LogP contribution in [0.4, 0.5) is 10.1 Å². The Morgan fingerprint density at radius 2 is 2.04 bits per heavy atom. The highest BCUT2D eigenvalue weighted by atomic mass is 19.1. The van der Waals surface area contributed by atoms with Crippen molar-refractivity contribution >= 4 is 11.6 Å². The zero-order chi connectivity index (χ0) is 17.1. The van der Waals surface area contributed by atoms with Crippen molar-refractivity contribution in [3.05, 3.63) is 24.0 Å². The van der Waals surface area contributed by atoms with Crippen LogP contribution in [-0.2, 0) is 9.53 Å². The average molecular weight is 336 g/mol. The Kier molecular flexibility index (Phi) is 5.23. The smallest absolute Gasteiger partial charge is 0.228 e. The second-order valence-electron chi connectivity index (χ2n) is 6.45. The molecule has 1 aromatic carbocycles. The van der Waals surface area contributed by atoms with Crippen LogP contribution in [0, 0.1) is 11.7 Å². The first-order valence-electron chi connectivity index (χ1n) is 8.59. The van der Waals surface area contributed by atoms with E-state index >= 15 is 0 Å². The Morgan fingerprint density at radius 1 is 1.29 bits per heavy atom. The number of carbonyl (C=O) groups is 1. The van der Waals surface area contributed by atoms with Gasteiger partial charge in [0.05, 0.1) is 24.8 Å². The highest BCUT2D eigenvalue weighted by molar-refractivity contribution is 5.80. The summed E-state index contributed by atoms with van der Waals surface area (Å²) < 4.78 is 24.3. The van der Waals surface area contributed by atoms with Gasteiger partial charge >= 0.3 is 0 Å². The number of benzene rings is 1. The molecule has 0 spiro atoms. The maximum absolute atomic E-state index is 13.3. The van der Waals surface area contributed by atoms with Crippen molar-refractivity contribution in [2.24, 2.45) is 5.92 Å². The van der Waals surface area contributed by atoms with Gasteiger partial charge in [-0.3, -0.25) is 4.79 Å². The number of amides is 1. The standard InChI is InChI=1S/C18H25FN2O3/c1-13-15(4-3-11-24-13)18(22)21-9-7-20(8-10-21)16-6-5-14(19)12-17(16)23-2/h5-6,12-13,15H,3-4,7-11H2,1-2H3. The quantitative estimate of drug-likeness (QED) is 0.849. The van der Waals surface area contributed by atoms with Crippen molar-refractivity contribution in [2.75, 3.05) is 44.8 Å². The molecule has 2 heterocycles. The number of nitrogens with zero attached hydrogens (tertiary/aromatic N) is 2. The van der Waals surface area contributed by atoms with Gasteiger partial charge in [0, 0.05) is 38.9 Å². The second-order valence-corrected chi connectivity index (χ2v) is 6.45. The Labute approximate surface area is 142 Å². The van der Waals surface area contributed by atoms with Crippen LogP contribution in [0.25, 0.3) is 0 Å². The molecule has 2 unspecified atom stereocenters. The predicted octanol–water partition coefficient (Wildman–Crippen LogP) is 2.30. The van der Waals surface area contributed by atoms with E-state index in [1.54, 1.807) is 13.2 Å². The molecule has 1 amide bonds. The number of halogens is 1. The molecule has 0 bridgehead atoms. The minimum Gasteiger partial charge on any atom is -0.494 e. The first-order chi connectivity index (χ1) is 11.6. The predicted molar refractivity (Wildman–Crippen MR) is 89.9 cm³/mol. The molecule has 2 saturated heterocycles. The molecule has 0 radical (unpaired) electrons. The van der Waals surface area contributed by atoms with Crippen LogP contribution in [0.3, 0.4) is 0 Å². The topological polar surface area (TPSA) is 42.0 Å². The number of hydrogen-bond acceptors (Lipinski definition) is 4. The molecule has 132 valence electrons. The first-order valence-corrected chi connectivity index (χ1v) is 8.59. The Balaban J connectivity index is 1.62. The van der Waals surface area contributed by atoms with Crippen LogP contribution in [-0.4, -0.2) is 56.8 Å². The molecular weight excluding hydrogens is 311 g/mol. The van der Waals surface area contributed by atoms with E-state index in [4.69, 9.17) is 9.47 Å². The third-order valence-corrected chi connectivity index (χ3v) is 5.00. The number of methoxy groups -OCH3 is 1. The SMILES string of the molecule is COc1cc(F)ccc1N1CCN(C(=O)C2CCCOC2C)CC1. The Morgan fingerprint density at radius 3 is 2.71 bits per heavy atom. The number of rotatable bonds is 3. The molecular formula is C18H25FN2O3. The molecule has 2 atom stereocenters. The van der Waals surface area contributed by atoms with Gasteiger partial charge in [0.15, 0.2) is 0 Å². The third-order valence-electron chi connectivity index (χ3n) is 5.00. The number of ether oxygens (including phenoxy) is 2. The van der Waals surface area contributed by atoms with Crippen LogP contribution in [0.1, 0.15) is 19.8 Å². The molecule has 2 aliphatic heterocycles. The van der Waals surface area contributed by atoms with E-state index in [0.29, 0.717) is 18.8 Å². The maximum atomic E-state index is 13.3. The van der Waals surface area contributed by atoms with Gasteiger partial charge in [-0.05, 0) is 31.9 Å².